The number of anilines is 2. The lowest BCUT2D eigenvalue weighted by atomic mass is 10.0. The lowest BCUT2D eigenvalue weighted by Gasteiger charge is -2.32. The molecule has 2 aromatic heterocycles. The van der Waals surface area contributed by atoms with Crippen molar-refractivity contribution < 1.29 is 23.8 Å². The second-order valence-electron chi connectivity index (χ2n) is 9.86. The number of fused-ring (bicyclic) bond motifs is 1. The number of benzene rings is 1. The van der Waals surface area contributed by atoms with Crippen molar-refractivity contribution in [2.45, 2.75) is 39.2 Å². The van der Waals surface area contributed by atoms with Gasteiger partial charge in [-0.05, 0) is 37.1 Å². The van der Waals surface area contributed by atoms with Crippen LogP contribution in [0.2, 0.25) is 5.02 Å². The smallest absolute Gasteiger partial charge is 0.409 e. The SMILES string of the molecule is CCCCOC(=O)N1CCO[C@H](COc2cnccc2-c2[nH]c3c(c2Nc2cccc(Cl)c2C)C(=O)NCC3)C1. The summed E-state index contributed by atoms with van der Waals surface area (Å²) in [6, 6.07) is 7.47. The fourth-order valence-electron chi connectivity index (χ4n) is 4.85. The van der Waals surface area contributed by atoms with Crippen molar-refractivity contribution in [3.63, 3.8) is 0 Å². The van der Waals surface area contributed by atoms with Gasteiger partial charge in [0, 0.05) is 47.7 Å². The van der Waals surface area contributed by atoms with Crippen LogP contribution in [0.15, 0.2) is 36.7 Å². The topological polar surface area (TPSA) is 118 Å². The molecule has 3 aromatic rings. The molecule has 2 aliphatic rings. The maximum atomic E-state index is 13.0. The average molecular weight is 568 g/mol. The van der Waals surface area contributed by atoms with Gasteiger partial charge in [-0.1, -0.05) is 31.0 Å². The molecule has 0 bridgehead atoms. The number of rotatable bonds is 9. The second-order valence-corrected chi connectivity index (χ2v) is 10.3. The second kappa shape index (κ2) is 12.6. The van der Waals surface area contributed by atoms with Crippen LogP contribution < -0.4 is 15.4 Å². The van der Waals surface area contributed by atoms with Crippen LogP contribution in [0.3, 0.4) is 0 Å². The van der Waals surface area contributed by atoms with Crippen LogP contribution in [-0.2, 0) is 15.9 Å². The Morgan fingerprint density at radius 2 is 2.20 bits per heavy atom. The highest BCUT2D eigenvalue weighted by molar-refractivity contribution is 6.31. The van der Waals surface area contributed by atoms with Gasteiger partial charge in [-0.25, -0.2) is 4.79 Å². The summed E-state index contributed by atoms with van der Waals surface area (Å²) < 4.78 is 17.5. The predicted molar refractivity (Wildman–Crippen MR) is 153 cm³/mol. The lowest BCUT2D eigenvalue weighted by Crippen LogP contribution is -2.47. The number of nitrogens with zero attached hydrogens (tertiary/aromatic N) is 2. The number of amides is 2. The van der Waals surface area contributed by atoms with Crippen molar-refractivity contribution in [3.8, 4) is 17.0 Å². The van der Waals surface area contributed by atoms with E-state index in [9.17, 15) is 9.59 Å². The highest BCUT2D eigenvalue weighted by Crippen LogP contribution is 2.41. The maximum absolute atomic E-state index is 13.0. The van der Waals surface area contributed by atoms with E-state index in [-0.39, 0.29) is 24.7 Å². The van der Waals surface area contributed by atoms with Gasteiger partial charge in [-0.15, -0.1) is 0 Å². The number of ether oxygens (including phenoxy) is 3. The van der Waals surface area contributed by atoms with E-state index in [1.54, 1.807) is 17.3 Å². The first-order valence-electron chi connectivity index (χ1n) is 13.6. The average Bonchev–Trinajstić information content (AvgIpc) is 3.34. The molecule has 1 aromatic carbocycles. The Hall–Kier alpha value is -3.76. The summed E-state index contributed by atoms with van der Waals surface area (Å²) in [5.41, 5.74) is 5.18. The molecule has 1 saturated heterocycles. The zero-order chi connectivity index (χ0) is 28.1. The molecular weight excluding hydrogens is 534 g/mol. The zero-order valence-corrected chi connectivity index (χ0v) is 23.5. The third-order valence-corrected chi connectivity index (χ3v) is 7.50. The van der Waals surface area contributed by atoms with Crippen LogP contribution in [-0.4, -0.2) is 72.4 Å². The van der Waals surface area contributed by atoms with Gasteiger partial charge in [0.25, 0.3) is 5.91 Å². The highest BCUT2D eigenvalue weighted by atomic mass is 35.5. The largest absolute Gasteiger partial charge is 0.488 e. The van der Waals surface area contributed by atoms with Gasteiger partial charge in [-0.2, -0.15) is 0 Å². The molecule has 1 atom stereocenters. The summed E-state index contributed by atoms with van der Waals surface area (Å²) in [6.07, 6.45) is 5.14. The molecule has 0 saturated carbocycles. The summed E-state index contributed by atoms with van der Waals surface area (Å²) in [6.45, 7) is 6.42. The number of halogens is 1. The van der Waals surface area contributed by atoms with Crippen LogP contribution in [0, 0.1) is 6.92 Å². The van der Waals surface area contributed by atoms with E-state index in [1.165, 1.54) is 0 Å². The number of hydrogen-bond acceptors (Lipinski definition) is 7. The van der Waals surface area contributed by atoms with Crippen molar-refractivity contribution in [1.82, 2.24) is 20.2 Å². The third kappa shape index (κ3) is 6.03. The van der Waals surface area contributed by atoms with Crippen LogP contribution >= 0.6 is 11.6 Å². The van der Waals surface area contributed by atoms with Gasteiger partial charge in [0.15, 0.2) is 0 Å². The number of H-pyrrole nitrogens is 1. The van der Waals surface area contributed by atoms with Gasteiger partial charge < -0.3 is 34.7 Å². The standard InChI is InChI=1S/C29H34ClN5O5/c1-3-4-13-39-29(37)35-12-14-38-19(16-35)17-40-24-15-31-10-8-20(24)26-27(25-23(34-26)9-11-32-28(25)36)33-22-7-5-6-21(30)18(22)2/h5-8,10,15,19,33-34H,3-4,9,11-14,16-17H2,1-2H3,(H,32,36)/t19-/m0/s1. The van der Waals surface area contributed by atoms with E-state index in [0.29, 0.717) is 67.0 Å². The van der Waals surface area contributed by atoms with E-state index in [2.05, 4.69) is 27.5 Å². The van der Waals surface area contributed by atoms with E-state index in [4.69, 9.17) is 25.8 Å². The number of unbranched alkanes of at least 4 members (excludes halogenated alkanes) is 1. The minimum absolute atomic E-state index is 0.149. The molecule has 4 heterocycles. The number of nitrogens with one attached hydrogen (secondary N) is 3. The molecule has 0 aliphatic carbocycles. The summed E-state index contributed by atoms with van der Waals surface area (Å²) in [7, 11) is 0. The predicted octanol–water partition coefficient (Wildman–Crippen LogP) is 5.08. The van der Waals surface area contributed by atoms with Gasteiger partial charge in [0.05, 0.1) is 42.9 Å². The Kier molecular flexibility index (Phi) is 8.76. The summed E-state index contributed by atoms with van der Waals surface area (Å²) in [4.78, 5) is 34.8. The Bertz CT molecular complexity index is 1380. The van der Waals surface area contributed by atoms with Gasteiger partial charge in [-0.3, -0.25) is 9.78 Å². The molecule has 212 valence electrons. The number of carbonyl (C=O) groups excluding carboxylic acids is 2. The monoisotopic (exact) mass is 567 g/mol. The molecule has 5 rings (SSSR count). The number of hydrogen-bond donors (Lipinski definition) is 3. The van der Waals surface area contributed by atoms with E-state index < -0.39 is 0 Å². The molecule has 1 fully saturated rings. The van der Waals surface area contributed by atoms with Gasteiger partial charge in [0.1, 0.15) is 18.5 Å². The molecular formula is C29H34ClN5O5. The van der Waals surface area contributed by atoms with Gasteiger partial charge in [0.2, 0.25) is 0 Å². The van der Waals surface area contributed by atoms with E-state index >= 15 is 0 Å². The molecule has 40 heavy (non-hydrogen) atoms. The van der Waals surface area contributed by atoms with Crippen molar-refractivity contribution in [2.24, 2.45) is 0 Å². The van der Waals surface area contributed by atoms with Crippen LogP contribution in [0.1, 0.15) is 41.4 Å². The van der Waals surface area contributed by atoms with Crippen molar-refractivity contribution in [1.29, 1.82) is 0 Å². The number of carbonyl (C=O) groups is 2. The number of aromatic nitrogens is 2. The number of pyridine rings is 1. The normalized spacial score (nSPS) is 16.7. The molecule has 2 aliphatic heterocycles. The minimum atomic E-state index is -0.328. The molecule has 10 nitrogen and oxygen atoms in total. The summed E-state index contributed by atoms with van der Waals surface area (Å²) in [5, 5.41) is 7.02. The van der Waals surface area contributed by atoms with Gasteiger partial charge >= 0.3 is 6.09 Å². The molecule has 3 N–H and O–H groups in total. The van der Waals surface area contributed by atoms with Crippen LogP contribution in [0.25, 0.3) is 11.3 Å². The van der Waals surface area contributed by atoms with Crippen LogP contribution in [0.4, 0.5) is 16.2 Å². The fraction of sp³-hybridized carbons (Fsp3) is 0.414. The Morgan fingerprint density at radius 1 is 1.32 bits per heavy atom. The van der Waals surface area contributed by atoms with Crippen LogP contribution in [0.5, 0.6) is 5.75 Å². The third-order valence-electron chi connectivity index (χ3n) is 7.09. The molecule has 0 spiro atoms. The summed E-state index contributed by atoms with van der Waals surface area (Å²) >= 11 is 6.38. The molecule has 11 heteroatoms. The fourth-order valence-corrected chi connectivity index (χ4v) is 5.02. The zero-order valence-electron chi connectivity index (χ0n) is 22.7. The molecule has 2 amide bonds. The van der Waals surface area contributed by atoms with E-state index in [0.717, 1.165) is 35.3 Å². The first-order chi connectivity index (χ1) is 19.5. The Balaban J connectivity index is 1.39. The van der Waals surface area contributed by atoms with Crippen molar-refractivity contribution in [2.75, 3.05) is 44.8 Å². The van der Waals surface area contributed by atoms with E-state index in [1.807, 2.05) is 31.2 Å². The maximum Gasteiger partial charge on any atom is 0.409 e. The quantitative estimate of drug-likeness (QED) is 0.308. The minimum Gasteiger partial charge on any atom is -0.488 e. The van der Waals surface area contributed by atoms with Crippen molar-refractivity contribution in [3.05, 3.63) is 58.5 Å². The Labute approximate surface area is 238 Å². The summed E-state index contributed by atoms with van der Waals surface area (Å²) in [5.74, 6) is 0.377. The van der Waals surface area contributed by atoms with Crippen molar-refractivity contribution >= 4 is 35.0 Å². The molecule has 0 unspecified atom stereocenters. The molecule has 0 radical (unpaired) electrons. The highest BCUT2D eigenvalue weighted by Gasteiger charge is 2.29. The number of morpholine rings is 1. The lowest BCUT2D eigenvalue weighted by molar-refractivity contribution is -0.0451. The Morgan fingerprint density at radius 3 is 3.05 bits per heavy atom. The first kappa shape index (κ1) is 27.8. The number of aromatic amines is 1. The first-order valence-corrected chi connectivity index (χ1v) is 14.0.